The van der Waals surface area contributed by atoms with E-state index in [4.69, 9.17) is 13.9 Å². The van der Waals surface area contributed by atoms with Crippen LogP contribution in [0.3, 0.4) is 0 Å². The van der Waals surface area contributed by atoms with E-state index < -0.39 is 24.0 Å². The molecule has 0 spiro atoms. The van der Waals surface area contributed by atoms with E-state index >= 15 is 0 Å². The maximum absolute atomic E-state index is 13.0. The van der Waals surface area contributed by atoms with Crippen molar-refractivity contribution in [2.24, 2.45) is 0 Å². The van der Waals surface area contributed by atoms with Crippen LogP contribution in [0.15, 0.2) is 70.5 Å². The highest BCUT2D eigenvalue weighted by molar-refractivity contribution is 5.95. The molecule has 2 aromatic heterocycles. The molecular formula is C25H25N3O6. The van der Waals surface area contributed by atoms with Crippen molar-refractivity contribution < 1.29 is 28.3 Å². The van der Waals surface area contributed by atoms with E-state index in [0.717, 1.165) is 17.1 Å². The Labute approximate surface area is 196 Å². The normalized spacial score (nSPS) is 15.5. The molecule has 0 radical (unpaired) electrons. The summed E-state index contributed by atoms with van der Waals surface area (Å²) in [7, 11) is 0. The first kappa shape index (κ1) is 22.9. The highest BCUT2D eigenvalue weighted by Crippen LogP contribution is 2.28. The molecule has 3 heterocycles. The molecule has 0 bridgehead atoms. The molecule has 1 aromatic carbocycles. The average Bonchev–Trinajstić information content (AvgIpc) is 3.46. The standard InChI is InChI=1S/C25H25N3O6/c1-4-32-24(30)21-19(26-25(31)27-22(21)20-11-8-12-33-20)14-34-23(29)18-13-15(2)28(16(18)3)17-9-6-5-7-10-17/h5-13,22H,4,14H2,1-3H3,(H2,26,27,31). The van der Waals surface area contributed by atoms with Gasteiger partial charge in [-0.15, -0.1) is 0 Å². The van der Waals surface area contributed by atoms with Crippen LogP contribution in [0.2, 0.25) is 0 Å². The quantitative estimate of drug-likeness (QED) is 0.517. The molecule has 1 aliphatic heterocycles. The van der Waals surface area contributed by atoms with Crippen molar-refractivity contribution in [2.75, 3.05) is 13.2 Å². The van der Waals surface area contributed by atoms with E-state index in [1.165, 1.54) is 6.26 Å². The second-order valence-corrected chi connectivity index (χ2v) is 7.69. The number of urea groups is 1. The fraction of sp³-hybridized carbons (Fsp3) is 0.240. The molecule has 9 nitrogen and oxygen atoms in total. The summed E-state index contributed by atoms with van der Waals surface area (Å²) in [5.74, 6) is -0.869. The van der Waals surface area contributed by atoms with Gasteiger partial charge in [-0.3, -0.25) is 0 Å². The molecule has 0 fully saturated rings. The third kappa shape index (κ3) is 4.45. The molecule has 34 heavy (non-hydrogen) atoms. The molecule has 0 saturated heterocycles. The van der Waals surface area contributed by atoms with Gasteiger partial charge in [-0.05, 0) is 51.1 Å². The van der Waals surface area contributed by atoms with E-state index in [1.54, 1.807) is 25.1 Å². The van der Waals surface area contributed by atoms with Gasteiger partial charge < -0.3 is 29.1 Å². The summed E-state index contributed by atoms with van der Waals surface area (Å²) in [5, 5.41) is 5.22. The highest BCUT2D eigenvalue weighted by atomic mass is 16.5. The summed E-state index contributed by atoms with van der Waals surface area (Å²) in [6.07, 6.45) is 1.44. The Kier molecular flexibility index (Phi) is 6.53. The lowest BCUT2D eigenvalue weighted by Gasteiger charge is -2.27. The SMILES string of the molecule is CCOC(=O)C1=C(COC(=O)c2cc(C)n(-c3ccccc3)c2C)NC(=O)NC1c1ccco1. The summed E-state index contributed by atoms with van der Waals surface area (Å²) in [4.78, 5) is 38.0. The largest absolute Gasteiger partial charge is 0.467 e. The van der Waals surface area contributed by atoms with Gasteiger partial charge in [-0.2, -0.15) is 0 Å². The molecule has 176 valence electrons. The van der Waals surface area contributed by atoms with Crippen LogP contribution in [0.25, 0.3) is 5.69 Å². The highest BCUT2D eigenvalue weighted by Gasteiger charge is 2.36. The minimum Gasteiger partial charge on any atom is -0.467 e. The predicted molar refractivity (Wildman–Crippen MR) is 122 cm³/mol. The third-order valence-corrected chi connectivity index (χ3v) is 5.49. The molecule has 0 saturated carbocycles. The zero-order valence-corrected chi connectivity index (χ0v) is 19.1. The summed E-state index contributed by atoms with van der Waals surface area (Å²) >= 11 is 0. The minimum absolute atomic E-state index is 0.110. The zero-order chi connectivity index (χ0) is 24.2. The first-order valence-corrected chi connectivity index (χ1v) is 10.8. The lowest BCUT2D eigenvalue weighted by Crippen LogP contribution is -2.47. The number of nitrogens with one attached hydrogen (secondary N) is 2. The number of benzene rings is 1. The van der Waals surface area contributed by atoms with Crippen LogP contribution in [0.1, 0.15) is 40.5 Å². The Bertz CT molecular complexity index is 1240. The number of furan rings is 1. The van der Waals surface area contributed by atoms with E-state index in [1.807, 2.05) is 48.7 Å². The van der Waals surface area contributed by atoms with E-state index in [-0.39, 0.29) is 24.5 Å². The number of aryl methyl sites for hydroxylation is 1. The monoisotopic (exact) mass is 463 g/mol. The molecule has 1 atom stereocenters. The average molecular weight is 463 g/mol. The summed E-state index contributed by atoms with van der Waals surface area (Å²) in [6.45, 7) is 5.22. The fourth-order valence-electron chi connectivity index (χ4n) is 4.01. The molecule has 1 unspecified atom stereocenters. The number of esters is 2. The van der Waals surface area contributed by atoms with Gasteiger partial charge in [0, 0.05) is 17.1 Å². The first-order valence-electron chi connectivity index (χ1n) is 10.8. The maximum Gasteiger partial charge on any atom is 0.340 e. The van der Waals surface area contributed by atoms with Gasteiger partial charge >= 0.3 is 18.0 Å². The molecule has 4 rings (SSSR count). The number of para-hydroxylation sites is 1. The van der Waals surface area contributed by atoms with Crippen molar-refractivity contribution in [3.8, 4) is 5.69 Å². The molecule has 1 aliphatic rings. The Morgan fingerprint density at radius 2 is 1.82 bits per heavy atom. The molecule has 2 amide bonds. The van der Waals surface area contributed by atoms with Crippen molar-refractivity contribution >= 4 is 18.0 Å². The van der Waals surface area contributed by atoms with E-state index in [0.29, 0.717) is 11.3 Å². The zero-order valence-electron chi connectivity index (χ0n) is 19.1. The number of rotatable bonds is 7. The molecule has 9 heteroatoms. The van der Waals surface area contributed by atoms with E-state index in [2.05, 4.69) is 10.6 Å². The second-order valence-electron chi connectivity index (χ2n) is 7.69. The van der Waals surface area contributed by atoms with Crippen molar-refractivity contribution in [3.05, 3.63) is 88.8 Å². The molecule has 0 aliphatic carbocycles. The van der Waals surface area contributed by atoms with Gasteiger partial charge in [-0.1, -0.05) is 18.2 Å². The number of nitrogens with zero attached hydrogens (tertiary/aromatic N) is 1. The Hall–Kier alpha value is -4.27. The van der Waals surface area contributed by atoms with Crippen molar-refractivity contribution in [2.45, 2.75) is 26.8 Å². The van der Waals surface area contributed by atoms with Crippen molar-refractivity contribution in [3.63, 3.8) is 0 Å². The number of hydrogen-bond donors (Lipinski definition) is 2. The Balaban J connectivity index is 1.62. The number of ether oxygens (including phenoxy) is 2. The Morgan fingerprint density at radius 3 is 2.50 bits per heavy atom. The smallest absolute Gasteiger partial charge is 0.340 e. The topological polar surface area (TPSA) is 112 Å². The van der Waals surface area contributed by atoms with Crippen molar-refractivity contribution in [1.29, 1.82) is 0 Å². The summed E-state index contributed by atoms with van der Waals surface area (Å²) < 4.78 is 18.1. The van der Waals surface area contributed by atoms with Gasteiger partial charge in [0.05, 0.1) is 29.7 Å². The van der Waals surface area contributed by atoms with Crippen LogP contribution in [-0.4, -0.2) is 35.8 Å². The molecule has 2 N–H and O–H groups in total. The van der Waals surface area contributed by atoms with Crippen LogP contribution >= 0.6 is 0 Å². The number of amides is 2. The second kappa shape index (κ2) is 9.70. The van der Waals surface area contributed by atoms with Gasteiger partial charge in [0.2, 0.25) is 0 Å². The number of hydrogen-bond acceptors (Lipinski definition) is 6. The lowest BCUT2D eigenvalue weighted by molar-refractivity contribution is -0.139. The molecule has 3 aromatic rings. The van der Waals surface area contributed by atoms with Gasteiger partial charge in [0.25, 0.3) is 0 Å². The fourth-order valence-corrected chi connectivity index (χ4v) is 4.01. The van der Waals surface area contributed by atoms with Crippen LogP contribution < -0.4 is 10.6 Å². The summed E-state index contributed by atoms with van der Waals surface area (Å²) in [6, 6.07) is 13.3. The first-order chi connectivity index (χ1) is 16.4. The predicted octanol–water partition coefficient (Wildman–Crippen LogP) is 3.72. The van der Waals surface area contributed by atoms with Crippen molar-refractivity contribution in [1.82, 2.24) is 15.2 Å². The van der Waals surface area contributed by atoms with Gasteiger partial charge in [0.1, 0.15) is 18.4 Å². The minimum atomic E-state index is -0.875. The van der Waals surface area contributed by atoms with Crippen LogP contribution in [0.4, 0.5) is 4.79 Å². The van der Waals surface area contributed by atoms with Gasteiger partial charge in [-0.25, -0.2) is 14.4 Å². The number of carbonyl (C=O) groups is 3. The van der Waals surface area contributed by atoms with E-state index in [9.17, 15) is 14.4 Å². The van der Waals surface area contributed by atoms with Crippen LogP contribution in [0, 0.1) is 13.8 Å². The van der Waals surface area contributed by atoms with Crippen LogP contribution in [0.5, 0.6) is 0 Å². The summed E-state index contributed by atoms with van der Waals surface area (Å²) in [5.41, 5.74) is 3.15. The van der Waals surface area contributed by atoms with Crippen LogP contribution in [-0.2, 0) is 14.3 Å². The third-order valence-electron chi connectivity index (χ3n) is 5.49. The molecular weight excluding hydrogens is 438 g/mol. The Morgan fingerprint density at radius 1 is 1.06 bits per heavy atom. The number of carbonyl (C=O) groups excluding carboxylic acids is 3. The maximum atomic E-state index is 13.0. The van der Waals surface area contributed by atoms with Gasteiger partial charge in [0.15, 0.2) is 0 Å². The number of aromatic nitrogens is 1. The lowest BCUT2D eigenvalue weighted by atomic mass is 10.0.